The maximum absolute atomic E-state index is 11.3. The standard InChI is InChI=1S/C11H21NO2/c1-9(12)11(8-10(13)14-2)6-4-3-5-7-11/h9H,3-8,12H2,1-2H3. The minimum Gasteiger partial charge on any atom is -0.469 e. The van der Waals surface area contributed by atoms with Gasteiger partial charge in [-0.2, -0.15) is 0 Å². The fraction of sp³-hybridized carbons (Fsp3) is 0.909. The highest BCUT2D eigenvalue weighted by molar-refractivity contribution is 5.70. The first kappa shape index (κ1) is 11.5. The van der Waals surface area contributed by atoms with Gasteiger partial charge in [0.05, 0.1) is 13.5 Å². The summed E-state index contributed by atoms with van der Waals surface area (Å²) in [5, 5.41) is 0. The molecule has 3 heteroatoms. The Morgan fingerprint density at radius 2 is 2.00 bits per heavy atom. The summed E-state index contributed by atoms with van der Waals surface area (Å²) < 4.78 is 4.73. The average Bonchev–Trinajstić information content (AvgIpc) is 2.19. The van der Waals surface area contributed by atoms with Gasteiger partial charge in [0.25, 0.3) is 0 Å². The van der Waals surface area contributed by atoms with E-state index in [1.165, 1.54) is 26.4 Å². The van der Waals surface area contributed by atoms with Crippen LogP contribution in [-0.4, -0.2) is 19.1 Å². The summed E-state index contributed by atoms with van der Waals surface area (Å²) in [7, 11) is 1.44. The van der Waals surface area contributed by atoms with Crippen molar-refractivity contribution in [2.75, 3.05) is 7.11 Å². The van der Waals surface area contributed by atoms with Gasteiger partial charge in [0.1, 0.15) is 0 Å². The predicted molar refractivity (Wildman–Crippen MR) is 55.8 cm³/mol. The Labute approximate surface area is 86.0 Å². The van der Waals surface area contributed by atoms with E-state index < -0.39 is 0 Å². The molecule has 0 heterocycles. The van der Waals surface area contributed by atoms with Gasteiger partial charge in [0.2, 0.25) is 0 Å². The number of hydrogen-bond donors (Lipinski definition) is 1. The summed E-state index contributed by atoms with van der Waals surface area (Å²) >= 11 is 0. The molecule has 2 N–H and O–H groups in total. The minimum atomic E-state index is -0.121. The Bertz CT molecular complexity index is 195. The molecule has 1 aliphatic carbocycles. The molecule has 3 nitrogen and oxygen atoms in total. The van der Waals surface area contributed by atoms with Crippen molar-refractivity contribution in [3.63, 3.8) is 0 Å². The van der Waals surface area contributed by atoms with Crippen molar-refractivity contribution >= 4 is 5.97 Å². The maximum atomic E-state index is 11.3. The molecule has 0 aromatic carbocycles. The predicted octanol–water partition coefficient (Wildman–Crippen LogP) is 1.85. The molecule has 0 radical (unpaired) electrons. The number of ether oxygens (including phenoxy) is 1. The van der Waals surface area contributed by atoms with E-state index in [2.05, 4.69) is 0 Å². The highest BCUT2D eigenvalue weighted by Gasteiger charge is 2.37. The quantitative estimate of drug-likeness (QED) is 0.706. The largest absolute Gasteiger partial charge is 0.469 e. The lowest BCUT2D eigenvalue weighted by molar-refractivity contribution is -0.144. The lowest BCUT2D eigenvalue weighted by Gasteiger charge is -2.39. The number of nitrogens with two attached hydrogens (primary N) is 1. The molecule has 0 amide bonds. The van der Waals surface area contributed by atoms with Crippen LogP contribution in [0.3, 0.4) is 0 Å². The number of carbonyl (C=O) groups is 1. The van der Waals surface area contributed by atoms with Crippen LogP contribution in [0.5, 0.6) is 0 Å². The molecule has 14 heavy (non-hydrogen) atoms. The first-order valence-electron chi connectivity index (χ1n) is 5.43. The molecule has 1 rings (SSSR count). The van der Waals surface area contributed by atoms with Gasteiger partial charge in [0.15, 0.2) is 0 Å². The second-order valence-corrected chi connectivity index (χ2v) is 4.46. The zero-order valence-electron chi connectivity index (χ0n) is 9.21. The molecule has 0 spiro atoms. The molecule has 0 aromatic rings. The van der Waals surface area contributed by atoms with Crippen molar-refractivity contribution in [3.05, 3.63) is 0 Å². The van der Waals surface area contributed by atoms with E-state index in [0.29, 0.717) is 6.42 Å². The normalized spacial score (nSPS) is 22.8. The van der Waals surface area contributed by atoms with Crippen molar-refractivity contribution < 1.29 is 9.53 Å². The SMILES string of the molecule is COC(=O)CC1(C(C)N)CCCCC1. The van der Waals surface area contributed by atoms with E-state index in [0.717, 1.165) is 12.8 Å². The topological polar surface area (TPSA) is 52.3 Å². The monoisotopic (exact) mass is 199 g/mol. The lowest BCUT2D eigenvalue weighted by Crippen LogP contribution is -2.42. The van der Waals surface area contributed by atoms with E-state index in [-0.39, 0.29) is 17.4 Å². The first-order chi connectivity index (χ1) is 6.60. The van der Waals surface area contributed by atoms with Crippen LogP contribution in [0.1, 0.15) is 45.4 Å². The Morgan fingerprint density at radius 1 is 1.43 bits per heavy atom. The number of methoxy groups -OCH3 is 1. The van der Waals surface area contributed by atoms with Gasteiger partial charge < -0.3 is 10.5 Å². The molecular formula is C11H21NO2. The second-order valence-electron chi connectivity index (χ2n) is 4.46. The van der Waals surface area contributed by atoms with Gasteiger partial charge >= 0.3 is 5.97 Å². The van der Waals surface area contributed by atoms with Crippen molar-refractivity contribution in [3.8, 4) is 0 Å². The zero-order chi connectivity index (χ0) is 10.6. The average molecular weight is 199 g/mol. The highest BCUT2D eigenvalue weighted by atomic mass is 16.5. The van der Waals surface area contributed by atoms with Gasteiger partial charge in [-0.1, -0.05) is 19.3 Å². The van der Waals surface area contributed by atoms with E-state index in [1.807, 2.05) is 6.92 Å². The van der Waals surface area contributed by atoms with E-state index in [9.17, 15) is 4.79 Å². The molecule has 1 aliphatic rings. The number of hydrogen-bond acceptors (Lipinski definition) is 3. The fourth-order valence-electron chi connectivity index (χ4n) is 2.41. The number of rotatable bonds is 3. The molecule has 1 unspecified atom stereocenters. The van der Waals surface area contributed by atoms with Crippen molar-refractivity contribution in [2.24, 2.45) is 11.1 Å². The van der Waals surface area contributed by atoms with Crippen LogP contribution in [0.2, 0.25) is 0 Å². The van der Waals surface area contributed by atoms with Crippen molar-refractivity contribution in [2.45, 2.75) is 51.5 Å². The van der Waals surface area contributed by atoms with Crippen LogP contribution in [0.4, 0.5) is 0 Å². The Hall–Kier alpha value is -0.570. The zero-order valence-corrected chi connectivity index (χ0v) is 9.21. The fourth-order valence-corrected chi connectivity index (χ4v) is 2.41. The maximum Gasteiger partial charge on any atom is 0.306 e. The van der Waals surface area contributed by atoms with Crippen molar-refractivity contribution in [1.29, 1.82) is 0 Å². The summed E-state index contributed by atoms with van der Waals surface area (Å²) in [6.07, 6.45) is 6.29. The highest BCUT2D eigenvalue weighted by Crippen LogP contribution is 2.41. The van der Waals surface area contributed by atoms with Crippen LogP contribution in [0.15, 0.2) is 0 Å². The van der Waals surface area contributed by atoms with Gasteiger partial charge in [-0.3, -0.25) is 4.79 Å². The summed E-state index contributed by atoms with van der Waals surface area (Å²) in [5.41, 5.74) is 6.00. The Kier molecular flexibility index (Phi) is 3.93. The Morgan fingerprint density at radius 3 is 2.43 bits per heavy atom. The molecular weight excluding hydrogens is 178 g/mol. The molecule has 0 saturated heterocycles. The smallest absolute Gasteiger partial charge is 0.306 e. The van der Waals surface area contributed by atoms with Gasteiger partial charge in [-0.15, -0.1) is 0 Å². The number of carbonyl (C=O) groups excluding carboxylic acids is 1. The summed E-state index contributed by atoms with van der Waals surface area (Å²) in [6.45, 7) is 2.01. The third-order valence-corrected chi connectivity index (χ3v) is 3.54. The van der Waals surface area contributed by atoms with Crippen LogP contribution >= 0.6 is 0 Å². The summed E-state index contributed by atoms with van der Waals surface area (Å²) in [5.74, 6) is -0.121. The van der Waals surface area contributed by atoms with Gasteiger partial charge in [-0.05, 0) is 25.2 Å². The second kappa shape index (κ2) is 4.78. The molecule has 0 bridgehead atoms. The van der Waals surface area contributed by atoms with E-state index in [1.54, 1.807) is 0 Å². The Balaban J connectivity index is 2.65. The molecule has 0 aliphatic heterocycles. The van der Waals surface area contributed by atoms with Crippen molar-refractivity contribution in [1.82, 2.24) is 0 Å². The third kappa shape index (κ3) is 2.47. The van der Waals surface area contributed by atoms with Gasteiger partial charge in [0, 0.05) is 6.04 Å². The van der Waals surface area contributed by atoms with Crippen LogP contribution < -0.4 is 5.73 Å². The van der Waals surface area contributed by atoms with E-state index in [4.69, 9.17) is 10.5 Å². The van der Waals surface area contributed by atoms with Crippen LogP contribution in [-0.2, 0) is 9.53 Å². The molecule has 82 valence electrons. The molecule has 1 fully saturated rings. The molecule has 1 atom stereocenters. The first-order valence-corrected chi connectivity index (χ1v) is 5.43. The molecule has 1 saturated carbocycles. The summed E-state index contributed by atoms with van der Waals surface area (Å²) in [6, 6.07) is 0.0851. The third-order valence-electron chi connectivity index (χ3n) is 3.54. The summed E-state index contributed by atoms with van der Waals surface area (Å²) in [4.78, 5) is 11.3. The number of esters is 1. The van der Waals surface area contributed by atoms with Gasteiger partial charge in [-0.25, -0.2) is 0 Å². The lowest BCUT2D eigenvalue weighted by atomic mass is 9.68. The minimum absolute atomic E-state index is 0.00530. The van der Waals surface area contributed by atoms with Crippen LogP contribution in [0, 0.1) is 5.41 Å². The molecule has 0 aromatic heterocycles. The van der Waals surface area contributed by atoms with Crippen LogP contribution in [0.25, 0.3) is 0 Å². The van der Waals surface area contributed by atoms with E-state index >= 15 is 0 Å².